The Morgan fingerprint density at radius 1 is 1.15 bits per heavy atom. The molecule has 0 unspecified atom stereocenters. The van der Waals surface area contributed by atoms with Gasteiger partial charge in [-0.15, -0.1) is 0 Å². The fraction of sp³-hybridized carbons (Fsp3) is 0.516. The topological polar surface area (TPSA) is 82.2 Å². The molecule has 214 valence electrons. The highest BCUT2D eigenvalue weighted by molar-refractivity contribution is 6.00. The van der Waals surface area contributed by atoms with Crippen molar-refractivity contribution >= 4 is 27.6 Å². The van der Waals surface area contributed by atoms with Crippen LogP contribution in [0.5, 0.6) is 6.01 Å². The number of piperazine rings is 1. The van der Waals surface area contributed by atoms with Crippen LogP contribution in [0.2, 0.25) is 0 Å². The maximum atomic E-state index is 16.6. The van der Waals surface area contributed by atoms with Crippen LogP contribution in [-0.4, -0.2) is 81.4 Å². The van der Waals surface area contributed by atoms with E-state index in [9.17, 15) is 4.39 Å². The van der Waals surface area contributed by atoms with Crippen molar-refractivity contribution in [2.45, 2.75) is 69.2 Å². The Bertz CT molecular complexity index is 1630. The van der Waals surface area contributed by atoms with Gasteiger partial charge >= 0.3 is 6.01 Å². The zero-order valence-corrected chi connectivity index (χ0v) is 23.3. The molecule has 2 bridgehead atoms. The number of halogens is 2. The number of fused-ring (bicyclic) bond motifs is 5. The number of nitrogens with zero attached hydrogens (tertiary/aromatic N) is 5. The number of aryl methyl sites for hydroxylation is 1. The zero-order valence-electron chi connectivity index (χ0n) is 23.3. The SMILES string of the molecule is CCc1cccc2[nH]cc(-c3ncc4c(N5C[C@H]6CC[C@@H](C5)N6)nc(OC[C@@]56CCCN5C[C@H](F)C6)nc4c3F)c12. The first-order chi connectivity index (χ1) is 20.0. The number of benzene rings is 1. The van der Waals surface area contributed by atoms with E-state index >= 15 is 4.39 Å². The van der Waals surface area contributed by atoms with Crippen molar-refractivity contribution in [2.24, 2.45) is 0 Å². The van der Waals surface area contributed by atoms with Crippen LogP contribution in [0.25, 0.3) is 33.1 Å². The Balaban J connectivity index is 1.24. The molecular formula is C31H35F2N7O. The number of ether oxygens (including phenoxy) is 1. The molecule has 4 aliphatic rings. The number of hydrogen-bond acceptors (Lipinski definition) is 7. The fourth-order valence-corrected chi connectivity index (χ4v) is 7.87. The molecule has 4 aliphatic heterocycles. The number of H-pyrrole nitrogens is 1. The first-order valence-corrected chi connectivity index (χ1v) is 15.0. The Hall–Kier alpha value is -3.37. The van der Waals surface area contributed by atoms with Gasteiger partial charge in [0.15, 0.2) is 5.82 Å². The molecular weight excluding hydrogens is 524 g/mol. The molecule has 4 atom stereocenters. The van der Waals surface area contributed by atoms with Crippen molar-refractivity contribution in [3.05, 3.63) is 42.0 Å². The van der Waals surface area contributed by atoms with Gasteiger partial charge in [-0.2, -0.15) is 9.97 Å². The molecule has 8 rings (SSSR count). The first-order valence-electron chi connectivity index (χ1n) is 15.0. The number of nitrogens with one attached hydrogen (secondary N) is 2. The van der Waals surface area contributed by atoms with Crippen molar-refractivity contribution in [1.29, 1.82) is 0 Å². The summed E-state index contributed by atoms with van der Waals surface area (Å²) in [4.78, 5) is 21.9. The maximum absolute atomic E-state index is 16.6. The molecule has 10 heteroatoms. The normalized spacial score (nSPS) is 27.8. The summed E-state index contributed by atoms with van der Waals surface area (Å²) in [5.74, 6) is 0.177. The largest absolute Gasteiger partial charge is 0.461 e. The van der Waals surface area contributed by atoms with Gasteiger partial charge in [-0.25, -0.2) is 8.78 Å². The second-order valence-corrected chi connectivity index (χ2v) is 12.3. The molecule has 3 aromatic heterocycles. The van der Waals surface area contributed by atoms with Crippen molar-refractivity contribution in [1.82, 2.24) is 30.2 Å². The predicted octanol–water partition coefficient (Wildman–Crippen LogP) is 4.77. The van der Waals surface area contributed by atoms with Crippen LogP contribution in [0.4, 0.5) is 14.6 Å². The van der Waals surface area contributed by atoms with Crippen LogP contribution < -0.4 is 15.0 Å². The summed E-state index contributed by atoms with van der Waals surface area (Å²) in [7, 11) is 0. The molecule has 4 fully saturated rings. The molecule has 1 aromatic carbocycles. The van der Waals surface area contributed by atoms with Gasteiger partial charge in [0.2, 0.25) is 0 Å². The number of hydrogen-bond donors (Lipinski definition) is 2. The van der Waals surface area contributed by atoms with Crippen LogP contribution in [0.3, 0.4) is 0 Å². The molecule has 0 aliphatic carbocycles. The summed E-state index contributed by atoms with van der Waals surface area (Å²) in [6, 6.07) is 6.98. The molecule has 7 heterocycles. The van der Waals surface area contributed by atoms with Gasteiger partial charge in [0.1, 0.15) is 29.8 Å². The highest BCUT2D eigenvalue weighted by atomic mass is 19.1. The number of aromatic amines is 1. The molecule has 0 radical (unpaired) electrons. The van der Waals surface area contributed by atoms with E-state index in [0.717, 1.165) is 73.8 Å². The molecule has 4 saturated heterocycles. The monoisotopic (exact) mass is 559 g/mol. The lowest BCUT2D eigenvalue weighted by atomic mass is 9.95. The maximum Gasteiger partial charge on any atom is 0.319 e. The van der Waals surface area contributed by atoms with E-state index in [2.05, 4.69) is 43.1 Å². The van der Waals surface area contributed by atoms with Gasteiger partial charge in [-0.05, 0) is 50.3 Å². The number of pyridine rings is 1. The van der Waals surface area contributed by atoms with Crippen LogP contribution in [0, 0.1) is 5.82 Å². The van der Waals surface area contributed by atoms with Gasteiger partial charge in [-0.3, -0.25) is 9.88 Å². The molecule has 4 aromatic rings. The number of anilines is 1. The average molecular weight is 560 g/mol. The molecule has 0 amide bonds. The minimum atomic E-state index is -0.849. The van der Waals surface area contributed by atoms with Gasteiger partial charge in [0, 0.05) is 67.0 Å². The van der Waals surface area contributed by atoms with E-state index in [-0.39, 0.29) is 22.8 Å². The first kappa shape index (κ1) is 25.3. The average Bonchev–Trinajstić information content (AvgIpc) is 3.74. The smallest absolute Gasteiger partial charge is 0.319 e. The summed E-state index contributed by atoms with van der Waals surface area (Å²) in [6.07, 6.45) is 8.12. The zero-order chi connectivity index (χ0) is 27.7. The van der Waals surface area contributed by atoms with Gasteiger partial charge in [-0.1, -0.05) is 19.1 Å². The summed E-state index contributed by atoms with van der Waals surface area (Å²) < 4.78 is 37.3. The minimum Gasteiger partial charge on any atom is -0.461 e. The Labute approximate surface area is 237 Å². The Morgan fingerprint density at radius 3 is 2.83 bits per heavy atom. The Morgan fingerprint density at radius 2 is 2.00 bits per heavy atom. The van der Waals surface area contributed by atoms with Crippen molar-refractivity contribution in [2.75, 3.05) is 37.7 Å². The van der Waals surface area contributed by atoms with E-state index in [0.29, 0.717) is 42.9 Å². The minimum absolute atomic E-state index is 0.145. The molecule has 0 spiro atoms. The van der Waals surface area contributed by atoms with Crippen LogP contribution in [0.15, 0.2) is 30.6 Å². The third kappa shape index (κ3) is 4.09. The summed E-state index contributed by atoms with van der Waals surface area (Å²) >= 11 is 0. The number of rotatable bonds is 6. The van der Waals surface area contributed by atoms with E-state index < -0.39 is 12.0 Å². The van der Waals surface area contributed by atoms with Gasteiger partial charge in [0.05, 0.1) is 10.9 Å². The summed E-state index contributed by atoms with van der Waals surface area (Å²) in [5.41, 5.74) is 2.94. The highest BCUT2D eigenvalue weighted by Crippen LogP contribution is 2.41. The van der Waals surface area contributed by atoms with Crippen molar-refractivity contribution < 1.29 is 13.5 Å². The van der Waals surface area contributed by atoms with Gasteiger partial charge < -0.3 is 19.9 Å². The summed E-state index contributed by atoms with van der Waals surface area (Å²) in [5, 5.41) is 5.22. The number of aromatic nitrogens is 4. The van der Waals surface area contributed by atoms with E-state index in [1.807, 2.05) is 18.3 Å². The van der Waals surface area contributed by atoms with E-state index in [4.69, 9.17) is 9.72 Å². The van der Waals surface area contributed by atoms with E-state index in [1.165, 1.54) is 0 Å². The highest BCUT2D eigenvalue weighted by Gasteiger charge is 2.49. The van der Waals surface area contributed by atoms with Crippen LogP contribution >= 0.6 is 0 Å². The quantitative estimate of drug-likeness (QED) is 0.352. The van der Waals surface area contributed by atoms with Crippen LogP contribution in [0.1, 0.15) is 44.6 Å². The van der Waals surface area contributed by atoms with E-state index in [1.54, 1.807) is 6.20 Å². The lowest BCUT2D eigenvalue weighted by Crippen LogP contribution is -2.51. The molecule has 0 saturated carbocycles. The number of alkyl halides is 1. The standard InChI is InChI=1S/C31H35F2N7O/c1-2-18-5-3-6-24-25(18)22(12-34-24)27-26(33)28-23(13-35-27)29(39-15-20-7-8-21(16-39)36-20)38-30(37-28)41-17-31-9-4-10-40(31)14-19(32)11-31/h3,5-6,12-13,19-21,34,36H,2,4,7-11,14-17H2,1H3/t19-,20-,21+,31+/m1/s1. The lowest BCUT2D eigenvalue weighted by Gasteiger charge is -2.34. The third-order valence-electron chi connectivity index (χ3n) is 9.82. The van der Waals surface area contributed by atoms with Crippen molar-refractivity contribution in [3.8, 4) is 17.3 Å². The molecule has 8 nitrogen and oxygen atoms in total. The predicted molar refractivity (Wildman–Crippen MR) is 155 cm³/mol. The Kier molecular flexibility index (Phi) is 5.93. The van der Waals surface area contributed by atoms with Crippen LogP contribution in [-0.2, 0) is 6.42 Å². The third-order valence-corrected chi connectivity index (χ3v) is 9.82. The fourth-order valence-electron chi connectivity index (χ4n) is 7.87. The van der Waals surface area contributed by atoms with Crippen molar-refractivity contribution in [3.63, 3.8) is 0 Å². The summed E-state index contributed by atoms with van der Waals surface area (Å²) in [6.45, 7) is 5.30. The second kappa shape index (κ2) is 9.59. The second-order valence-electron chi connectivity index (χ2n) is 12.3. The lowest BCUT2D eigenvalue weighted by molar-refractivity contribution is 0.107. The molecule has 2 N–H and O–H groups in total. The van der Waals surface area contributed by atoms with Gasteiger partial charge in [0.25, 0.3) is 0 Å². The molecule has 41 heavy (non-hydrogen) atoms.